The van der Waals surface area contributed by atoms with Gasteiger partial charge in [0.25, 0.3) is 0 Å². The Hall–Kier alpha value is -1.13. The summed E-state index contributed by atoms with van der Waals surface area (Å²) in [5.41, 5.74) is 3.13. The van der Waals surface area contributed by atoms with Crippen LogP contribution in [0.15, 0.2) is 58.5 Å². The van der Waals surface area contributed by atoms with E-state index in [-0.39, 0.29) is 42.0 Å². The van der Waals surface area contributed by atoms with Gasteiger partial charge in [0.2, 0.25) is 0 Å². The van der Waals surface area contributed by atoms with E-state index in [1.54, 1.807) is 18.2 Å². The quantitative estimate of drug-likeness (QED) is 0.659. The predicted molar refractivity (Wildman–Crippen MR) is 75.5 cm³/mol. The fourth-order valence-corrected chi connectivity index (χ4v) is 2.21. The number of hydrogen-bond acceptors (Lipinski definition) is 3. The molecule has 3 nitrogen and oxygen atoms in total. The molecule has 0 aliphatic carbocycles. The first-order valence-corrected chi connectivity index (χ1v) is 6.26. The first kappa shape index (κ1) is 15.3. The maximum atomic E-state index is 11.6. The summed E-state index contributed by atoms with van der Waals surface area (Å²) in [6, 6.07) is 15.0. The van der Waals surface area contributed by atoms with Gasteiger partial charge in [0.15, 0.2) is 0 Å². The van der Waals surface area contributed by atoms with Crippen LogP contribution in [0.1, 0.15) is 11.1 Å². The van der Waals surface area contributed by atoms with Gasteiger partial charge in [-0.2, -0.15) is 0 Å². The van der Waals surface area contributed by atoms with Crippen LogP contribution in [0.3, 0.4) is 0 Å². The standard InChI is InChI=1S/C15H11ClN2O.Na/c16-11-6-7-13-12(8-11)15(17-9-14(19)18-13)10-4-2-1-3-5-10;/h1-8H,9H2,(H,18,19);/q;+1/p-1. The molecule has 1 heterocycles. The van der Waals surface area contributed by atoms with Gasteiger partial charge in [0.05, 0.1) is 17.9 Å². The van der Waals surface area contributed by atoms with Gasteiger partial charge in [-0.25, -0.2) is 0 Å². The van der Waals surface area contributed by atoms with Crippen molar-refractivity contribution in [1.82, 2.24) is 0 Å². The fraction of sp³-hybridized carbons (Fsp3) is 0.0667. The van der Waals surface area contributed by atoms with Gasteiger partial charge >= 0.3 is 29.6 Å². The third-order valence-electron chi connectivity index (χ3n) is 2.88. The molecule has 94 valence electrons. The maximum Gasteiger partial charge on any atom is 1.00 e. The summed E-state index contributed by atoms with van der Waals surface area (Å²) in [7, 11) is 0. The Morgan fingerprint density at radius 3 is 2.55 bits per heavy atom. The molecule has 0 N–H and O–H groups in total. The van der Waals surface area contributed by atoms with E-state index in [1.807, 2.05) is 30.3 Å². The van der Waals surface area contributed by atoms with Crippen molar-refractivity contribution in [3.63, 3.8) is 0 Å². The van der Waals surface area contributed by atoms with Gasteiger partial charge in [-0.1, -0.05) is 41.9 Å². The van der Waals surface area contributed by atoms with E-state index in [9.17, 15) is 5.11 Å². The van der Waals surface area contributed by atoms with Crippen molar-refractivity contribution in [2.75, 3.05) is 6.54 Å². The molecule has 0 saturated carbocycles. The number of nitrogens with zero attached hydrogens (tertiary/aromatic N) is 2. The number of fused-ring (bicyclic) bond motifs is 1. The smallest absolute Gasteiger partial charge is 0.860 e. The molecule has 2 aromatic rings. The van der Waals surface area contributed by atoms with Crippen LogP contribution in [-0.2, 0) is 0 Å². The molecule has 2 aromatic carbocycles. The van der Waals surface area contributed by atoms with Crippen molar-refractivity contribution >= 4 is 28.9 Å². The van der Waals surface area contributed by atoms with Gasteiger partial charge in [-0.05, 0) is 24.1 Å². The zero-order valence-electron chi connectivity index (χ0n) is 11.0. The van der Waals surface area contributed by atoms with Crippen LogP contribution >= 0.6 is 11.6 Å². The summed E-state index contributed by atoms with van der Waals surface area (Å²) in [5.74, 6) is -0.241. The Balaban J connectivity index is 0.00000147. The van der Waals surface area contributed by atoms with Gasteiger partial charge in [-0.15, -0.1) is 0 Å². The molecular weight excluding hydrogens is 283 g/mol. The summed E-state index contributed by atoms with van der Waals surface area (Å²) in [4.78, 5) is 8.42. The normalized spacial score (nSPS) is 13.4. The molecular formula is C15H10ClN2NaO. The molecule has 0 spiro atoms. The second-order valence-corrected chi connectivity index (χ2v) is 4.63. The minimum atomic E-state index is -0.241. The molecule has 0 saturated heterocycles. The molecule has 0 radical (unpaired) electrons. The van der Waals surface area contributed by atoms with E-state index in [1.165, 1.54) is 0 Å². The molecule has 1 aliphatic heterocycles. The molecule has 5 heteroatoms. The topological polar surface area (TPSA) is 47.8 Å². The van der Waals surface area contributed by atoms with Gasteiger partial charge in [-0.3, -0.25) is 9.98 Å². The largest absolute Gasteiger partial charge is 1.00 e. The van der Waals surface area contributed by atoms with Crippen LogP contribution in [0.5, 0.6) is 0 Å². The third kappa shape index (κ3) is 3.13. The number of aliphatic imine (C=N–C) groups is 2. The Morgan fingerprint density at radius 2 is 1.80 bits per heavy atom. The first-order valence-electron chi connectivity index (χ1n) is 5.88. The van der Waals surface area contributed by atoms with E-state index in [4.69, 9.17) is 11.6 Å². The van der Waals surface area contributed by atoms with E-state index in [2.05, 4.69) is 9.98 Å². The minimum absolute atomic E-state index is 0. The Labute approximate surface area is 144 Å². The van der Waals surface area contributed by atoms with Crippen LogP contribution < -0.4 is 34.7 Å². The zero-order valence-corrected chi connectivity index (χ0v) is 13.8. The van der Waals surface area contributed by atoms with Crippen molar-refractivity contribution in [3.8, 4) is 0 Å². The Kier molecular flexibility index (Phi) is 5.00. The van der Waals surface area contributed by atoms with Crippen LogP contribution in [-0.4, -0.2) is 18.2 Å². The SMILES string of the molecule is [Na+].[O-]C1=Nc2ccc(Cl)cc2C(c2ccccc2)=NC1. The van der Waals surface area contributed by atoms with Crippen molar-refractivity contribution in [2.45, 2.75) is 0 Å². The molecule has 0 amide bonds. The second kappa shape index (κ2) is 6.55. The summed E-state index contributed by atoms with van der Waals surface area (Å²) in [6.07, 6.45) is 0. The van der Waals surface area contributed by atoms with Gasteiger partial charge < -0.3 is 5.11 Å². The number of rotatable bonds is 1. The monoisotopic (exact) mass is 292 g/mol. The van der Waals surface area contributed by atoms with E-state index in [0.29, 0.717) is 10.7 Å². The average molecular weight is 293 g/mol. The molecule has 0 fully saturated rings. The molecule has 0 aromatic heterocycles. The number of halogens is 1. The van der Waals surface area contributed by atoms with Crippen molar-refractivity contribution in [3.05, 3.63) is 64.7 Å². The number of hydrogen-bond donors (Lipinski definition) is 0. The Morgan fingerprint density at radius 1 is 1.05 bits per heavy atom. The van der Waals surface area contributed by atoms with Crippen molar-refractivity contribution in [1.29, 1.82) is 0 Å². The summed E-state index contributed by atoms with van der Waals surface area (Å²) < 4.78 is 0. The van der Waals surface area contributed by atoms with Crippen molar-refractivity contribution in [2.24, 2.45) is 9.98 Å². The molecule has 0 bridgehead atoms. The summed E-state index contributed by atoms with van der Waals surface area (Å²) >= 11 is 6.04. The molecule has 1 aliphatic rings. The van der Waals surface area contributed by atoms with Crippen LogP contribution in [0.4, 0.5) is 5.69 Å². The molecule has 0 atom stereocenters. The summed E-state index contributed by atoms with van der Waals surface area (Å²) in [6.45, 7) is 0.0660. The second-order valence-electron chi connectivity index (χ2n) is 4.20. The molecule has 0 unspecified atom stereocenters. The van der Waals surface area contributed by atoms with Gasteiger partial charge in [0, 0.05) is 16.1 Å². The zero-order chi connectivity index (χ0) is 13.2. The van der Waals surface area contributed by atoms with E-state index >= 15 is 0 Å². The predicted octanol–water partition coefficient (Wildman–Crippen LogP) is -0.415. The van der Waals surface area contributed by atoms with E-state index in [0.717, 1.165) is 16.8 Å². The Bertz CT molecular complexity index is 684. The first-order chi connectivity index (χ1) is 9.24. The van der Waals surface area contributed by atoms with Crippen LogP contribution in [0.25, 0.3) is 0 Å². The van der Waals surface area contributed by atoms with E-state index < -0.39 is 0 Å². The van der Waals surface area contributed by atoms with Crippen LogP contribution in [0, 0.1) is 0 Å². The minimum Gasteiger partial charge on any atom is -0.860 e. The average Bonchev–Trinajstić information content (AvgIpc) is 2.58. The fourth-order valence-electron chi connectivity index (χ4n) is 2.04. The molecule has 3 rings (SSSR count). The third-order valence-corrected chi connectivity index (χ3v) is 3.11. The van der Waals surface area contributed by atoms with Crippen LogP contribution in [0.2, 0.25) is 5.02 Å². The van der Waals surface area contributed by atoms with Gasteiger partial charge in [0.1, 0.15) is 0 Å². The number of benzene rings is 2. The maximum absolute atomic E-state index is 11.6. The molecule has 20 heavy (non-hydrogen) atoms. The van der Waals surface area contributed by atoms with Crippen molar-refractivity contribution < 1.29 is 34.7 Å². The summed E-state index contributed by atoms with van der Waals surface area (Å²) in [5, 5.41) is 12.2.